The molecule has 4 heteroatoms. The van der Waals surface area contributed by atoms with Crippen LogP contribution in [0.15, 0.2) is 29.6 Å². The Bertz CT molecular complexity index is 260. The summed E-state index contributed by atoms with van der Waals surface area (Å²) in [5, 5.41) is 14.4. The molecule has 0 unspecified atom stereocenters. The van der Waals surface area contributed by atoms with Crippen LogP contribution in [-0.2, 0) is 4.84 Å². The quantitative estimate of drug-likeness (QED) is 0.265. The lowest BCUT2D eigenvalue weighted by Gasteiger charge is -1.96. The molecule has 0 saturated heterocycles. The predicted octanol–water partition coefficient (Wildman–Crippen LogP) is 0.300. The number of hydrogen-bond acceptors (Lipinski definition) is 3. The van der Waals surface area contributed by atoms with Crippen molar-refractivity contribution < 1.29 is 9.57 Å². The second-order valence-electron chi connectivity index (χ2n) is 1.87. The van der Waals surface area contributed by atoms with Gasteiger partial charge in [-0.1, -0.05) is 5.16 Å². The second-order valence-corrected chi connectivity index (χ2v) is 1.87. The molecule has 1 aromatic rings. The maximum Gasteiger partial charge on any atom is 0.238 e. The van der Waals surface area contributed by atoms with Crippen LogP contribution in [-0.4, -0.2) is 13.3 Å². The maximum atomic E-state index is 10.9. The van der Waals surface area contributed by atoms with Gasteiger partial charge < -0.3 is 10.0 Å². The largest absolute Gasteiger partial charge is 0.618 e. The lowest BCUT2D eigenvalue weighted by atomic mass is 10.4. The van der Waals surface area contributed by atoms with Gasteiger partial charge in [-0.2, -0.15) is 4.73 Å². The maximum absolute atomic E-state index is 10.9. The van der Waals surface area contributed by atoms with Gasteiger partial charge in [0.2, 0.25) is 5.69 Å². The standard InChI is InChI=1S/C7H8N2O2/c1-11-8-6-7-4-2-3-5-9(7)10/h2-6H,1H3/b8-6+. The van der Waals surface area contributed by atoms with Crippen LogP contribution in [0.1, 0.15) is 5.69 Å². The summed E-state index contributed by atoms with van der Waals surface area (Å²) in [7, 11) is 1.43. The molecule has 0 aliphatic rings. The highest BCUT2D eigenvalue weighted by Gasteiger charge is 1.96. The number of nitrogens with zero attached hydrogens (tertiary/aromatic N) is 2. The smallest absolute Gasteiger partial charge is 0.238 e. The van der Waals surface area contributed by atoms with Crippen molar-refractivity contribution >= 4 is 6.21 Å². The lowest BCUT2D eigenvalue weighted by molar-refractivity contribution is -0.606. The summed E-state index contributed by atoms with van der Waals surface area (Å²) in [5.41, 5.74) is 0.453. The monoisotopic (exact) mass is 152 g/mol. The molecule has 1 rings (SSSR count). The molecule has 0 saturated carbocycles. The van der Waals surface area contributed by atoms with E-state index in [4.69, 9.17) is 0 Å². The van der Waals surface area contributed by atoms with Crippen molar-refractivity contribution in [3.05, 3.63) is 35.3 Å². The molecule has 0 radical (unpaired) electrons. The zero-order valence-corrected chi connectivity index (χ0v) is 6.10. The summed E-state index contributed by atoms with van der Waals surface area (Å²) in [6, 6.07) is 5.05. The zero-order chi connectivity index (χ0) is 8.10. The molecule has 0 aliphatic carbocycles. The molecule has 0 amide bonds. The minimum atomic E-state index is 0.453. The third kappa shape index (κ3) is 1.93. The molecule has 11 heavy (non-hydrogen) atoms. The first-order valence-electron chi connectivity index (χ1n) is 3.09. The van der Waals surface area contributed by atoms with E-state index in [1.165, 1.54) is 19.5 Å². The van der Waals surface area contributed by atoms with Crippen molar-refractivity contribution in [2.75, 3.05) is 7.11 Å². The van der Waals surface area contributed by atoms with Crippen LogP contribution >= 0.6 is 0 Å². The molecule has 0 aromatic carbocycles. The topological polar surface area (TPSA) is 48.5 Å². The molecule has 0 atom stereocenters. The summed E-state index contributed by atoms with van der Waals surface area (Å²) < 4.78 is 0.711. The summed E-state index contributed by atoms with van der Waals surface area (Å²) in [6.07, 6.45) is 2.75. The molecule has 0 aliphatic heterocycles. The highest BCUT2D eigenvalue weighted by Crippen LogP contribution is 1.85. The van der Waals surface area contributed by atoms with Crippen LogP contribution in [0, 0.1) is 5.21 Å². The van der Waals surface area contributed by atoms with Crippen molar-refractivity contribution in [3.8, 4) is 0 Å². The third-order valence-electron chi connectivity index (χ3n) is 1.14. The van der Waals surface area contributed by atoms with Gasteiger partial charge in [-0.3, -0.25) is 0 Å². The number of pyridine rings is 1. The highest BCUT2D eigenvalue weighted by molar-refractivity contribution is 5.74. The molecular weight excluding hydrogens is 144 g/mol. The first kappa shape index (κ1) is 7.53. The minimum Gasteiger partial charge on any atom is -0.618 e. The van der Waals surface area contributed by atoms with Gasteiger partial charge in [-0.15, -0.1) is 0 Å². The average molecular weight is 152 g/mol. The Kier molecular flexibility index (Phi) is 2.43. The van der Waals surface area contributed by atoms with E-state index in [2.05, 4.69) is 9.99 Å². The Morgan fingerprint density at radius 3 is 3.09 bits per heavy atom. The van der Waals surface area contributed by atoms with Gasteiger partial charge >= 0.3 is 0 Å². The van der Waals surface area contributed by atoms with Crippen LogP contribution in [0.4, 0.5) is 0 Å². The van der Waals surface area contributed by atoms with Crippen molar-refractivity contribution in [2.45, 2.75) is 0 Å². The summed E-state index contributed by atoms with van der Waals surface area (Å²) in [5.74, 6) is 0. The number of rotatable bonds is 2. The zero-order valence-electron chi connectivity index (χ0n) is 6.10. The minimum absolute atomic E-state index is 0.453. The van der Waals surface area contributed by atoms with E-state index in [-0.39, 0.29) is 0 Å². The Hall–Kier alpha value is -1.58. The van der Waals surface area contributed by atoms with E-state index < -0.39 is 0 Å². The van der Waals surface area contributed by atoms with E-state index in [1.54, 1.807) is 18.2 Å². The second kappa shape index (κ2) is 3.55. The Balaban J connectivity index is 2.86. The Morgan fingerprint density at radius 1 is 1.64 bits per heavy atom. The van der Waals surface area contributed by atoms with Crippen LogP contribution in [0.5, 0.6) is 0 Å². The summed E-state index contributed by atoms with van der Waals surface area (Å²) >= 11 is 0. The highest BCUT2D eigenvalue weighted by atomic mass is 16.6. The van der Waals surface area contributed by atoms with Gasteiger partial charge in [-0.05, 0) is 6.07 Å². The van der Waals surface area contributed by atoms with Crippen LogP contribution in [0.25, 0.3) is 0 Å². The fraction of sp³-hybridized carbons (Fsp3) is 0.143. The van der Waals surface area contributed by atoms with Crippen LogP contribution in [0.3, 0.4) is 0 Å². The fourth-order valence-corrected chi connectivity index (χ4v) is 0.648. The average Bonchev–Trinajstić information content (AvgIpc) is 2.03. The molecule has 58 valence electrons. The predicted molar refractivity (Wildman–Crippen MR) is 40.0 cm³/mol. The van der Waals surface area contributed by atoms with Gasteiger partial charge in [0.1, 0.15) is 13.3 Å². The molecular formula is C7H8N2O2. The van der Waals surface area contributed by atoms with Crippen molar-refractivity contribution in [2.24, 2.45) is 5.16 Å². The lowest BCUT2D eigenvalue weighted by Crippen LogP contribution is -2.30. The molecule has 0 spiro atoms. The normalized spacial score (nSPS) is 10.3. The van der Waals surface area contributed by atoms with Gasteiger partial charge in [0.15, 0.2) is 6.20 Å². The SMILES string of the molecule is CO/N=C/c1cccc[n+]1[O-]. The van der Waals surface area contributed by atoms with E-state index in [0.29, 0.717) is 10.4 Å². The van der Waals surface area contributed by atoms with Crippen molar-refractivity contribution in [1.82, 2.24) is 0 Å². The van der Waals surface area contributed by atoms with Crippen molar-refractivity contribution in [1.29, 1.82) is 0 Å². The van der Waals surface area contributed by atoms with E-state index in [9.17, 15) is 5.21 Å². The van der Waals surface area contributed by atoms with Crippen molar-refractivity contribution in [3.63, 3.8) is 0 Å². The molecule has 0 N–H and O–H groups in total. The molecule has 4 nitrogen and oxygen atoms in total. The summed E-state index contributed by atoms with van der Waals surface area (Å²) in [4.78, 5) is 4.42. The van der Waals surface area contributed by atoms with Gasteiger partial charge in [-0.25, -0.2) is 0 Å². The molecule has 1 aromatic heterocycles. The first-order chi connectivity index (χ1) is 5.34. The Labute approximate surface area is 64.3 Å². The summed E-state index contributed by atoms with van der Waals surface area (Å²) in [6.45, 7) is 0. The van der Waals surface area contributed by atoms with E-state index >= 15 is 0 Å². The molecule has 0 fully saturated rings. The van der Waals surface area contributed by atoms with Gasteiger partial charge in [0, 0.05) is 12.1 Å². The van der Waals surface area contributed by atoms with E-state index in [1.807, 2.05) is 0 Å². The fourth-order valence-electron chi connectivity index (χ4n) is 0.648. The molecule has 0 bridgehead atoms. The third-order valence-corrected chi connectivity index (χ3v) is 1.14. The van der Waals surface area contributed by atoms with Gasteiger partial charge in [0.25, 0.3) is 0 Å². The first-order valence-corrected chi connectivity index (χ1v) is 3.09. The van der Waals surface area contributed by atoms with E-state index in [0.717, 1.165) is 0 Å². The Morgan fingerprint density at radius 2 is 2.45 bits per heavy atom. The van der Waals surface area contributed by atoms with Gasteiger partial charge in [0.05, 0.1) is 0 Å². The number of hydrogen-bond donors (Lipinski definition) is 0. The number of oxime groups is 1. The number of aromatic nitrogens is 1. The van der Waals surface area contributed by atoms with Crippen LogP contribution in [0.2, 0.25) is 0 Å². The molecule has 1 heterocycles. The van der Waals surface area contributed by atoms with Crippen LogP contribution < -0.4 is 4.73 Å².